The first-order chi connectivity index (χ1) is 9.60. The van der Waals surface area contributed by atoms with E-state index in [0.29, 0.717) is 12.3 Å². The summed E-state index contributed by atoms with van der Waals surface area (Å²) in [4.78, 5) is 12.1. The van der Waals surface area contributed by atoms with Gasteiger partial charge in [0.1, 0.15) is 0 Å². The fourth-order valence-corrected chi connectivity index (χ4v) is 3.08. The van der Waals surface area contributed by atoms with Crippen LogP contribution in [0.2, 0.25) is 0 Å². The SMILES string of the molecule is CC(C)C(CBr)NC(=O)Cc1ccc2ccccc2c1. The molecule has 0 heterocycles. The molecule has 0 aliphatic rings. The number of rotatable bonds is 5. The molecule has 0 aromatic heterocycles. The smallest absolute Gasteiger partial charge is 0.224 e. The van der Waals surface area contributed by atoms with Gasteiger partial charge in [0.15, 0.2) is 0 Å². The maximum absolute atomic E-state index is 12.1. The average Bonchev–Trinajstić information content (AvgIpc) is 2.44. The predicted molar refractivity (Wildman–Crippen MR) is 88.2 cm³/mol. The maximum Gasteiger partial charge on any atom is 0.224 e. The Hall–Kier alpha value is -1.35. The van der Waals surface area contributed by atoms with Gasteiger partial charge < -0.3 is 5.32 Å². The highest BCUT2D eigenvalue weighted by Gasteiger charge is 2.14. The lowest BCUT2D eigenvalue weighted by atomic mass is 10.0. The van der Waals surface area contributed by atoms with E-state index in [-0.39, 0.29) is 11.9 Å². The van der Waals surface area contributed by atoms with Gasteiger partial charge in [0.05, 0.1) is 6.42 Å². The van der Waals surface area contributed by atoms with Crippen molar-refractivity contribution >= 4 is 32.6 Å². The summed E-state index contributed by atoms with van der Waals surface area (Å²) in [6, 6.07) is 14.6. The molecule has 2 aromatic carbocycles. The number of fused-ring (bicyclic) bond motifs is 1. The Bertz CT molecular complexity index is 594. The number of nitrogens with one attached hydrogen (secondary N) is 1. The van der Waals surface area contributed by atoms with Crippen LogP contribution in [0.5, 0.6) is 0 Å². The molecule has 0 spiro atoms. The van der Waals surface area contributed by atoms with Crippen LogP contribution in [0, 0.1) is 5.92 Å². The molecule has 1 unspecified atom stereocenters. The maximum atomic E-state index is 12.1. The van der Waals surface area contributed by atoms with Crippen molar-refractivity contribution < 1.29 is 4.79 Å². The minimum Gasteiger partial charge on any atom is -0.352 e. The molecule has 1 amide bonds. The van der Waals surface area contributed by atoms with E-state index in [1.165, 1.54) is 10.8 Å². The molecule has 0 aliphatic heterocycles. The van der Waals surface area contributed by atoms with Gasteiger partial charge in [-0.2, -0.15) is 0 Å². The molecule has 0 fully saturated rings. The summed E-state index contributed by atoms with van der Waals surface area (Å²) in [5, 5.41) is 6.25. The van der Waals surface area contributed by atoms with Crippen LogP contribution in [0.15, 0.2) is 42.5 Å². The highest BCUT2D eigenvalue weighted by molar-refractivity contribution is 9.09. The van der Waals surface area contributed by atoms with Crippen LogP contribution < -0.4 is 5.32 Å². The molecule has 106 valence electrons. The van der Waals surface area contributed by atoms with E-state index in [2.05, 4.69) is 59.4 Å². The molecule has 0 saturated carbocycles. The number of carbonyl (C=O) groups excluding carboxylic acids is 1. The zero-order chi connectivity index (χ0) is 14.5. The van der Waals surface area contributed by atoms with Gasteiger partial charge in [0, 0.05) is 11.4 Å². The molecule has 2 rings (SSSR count). The van der Waals surface area contributed by atoms with E-state index >= 15 is 0 Å². The van der Waals surface area contributed by atoms with Crippen molar-refractivity contribution in [1.82, 2.24) is 5.32 Å². The van der Waals surface area contributed by atoms with E-state index in [1.54, 1.807) is 0 Å². The third-order valence-electron chi connectivity index (χ3n) is 3.50. The first-order valence-electron chi connectivity index (χ1n) is 6.93. The van der Waals surface area contributed by atoms with Gasteiger partial charge >= 0.3 is 0 Å². The van der Waals surface area contributed by atoms with Crippen molar-refractivity contribution in [2.75, 3.05) is 5.33 Å². The number of alkyl halides is 1. The van der Waals surface area contributed by atoms with Gasteiger partial charge in [-0.25, -0.2) is 0 Å². The summed E-state index contributed by atoms with van der Waals surface area (Å²) in [7, 11) is 0. The average molecular weight is 334 g/mol. The lowest BCUT2D eigenvalue weighted by Crippen LogP contribution is -2.40. The Morgan fingerprint density at radius 3 is 2.50 bits per heavy atom. The highest BCUT2D eigenvalue weighted by atomic mass is 79.9. The predicted octanol–water partition coefficient (Wildman–Crippen LogP) is 3.92. The number of hydrogen-bond acceptors (Lipinski definition) is 1. The molecular weight excluding hydrogens is 314 g/mol. The molecule has 2 nitrogen and oxygen atoms in total. The van der Waals surface area contributed by atoms with E-state index < -0.39 is 0 Å². The number of benzene rings is 2. The second-order valence-electron chi connectivity index (χ2n) is 5.43. The Kier molecular flexibility index (Phi) is 5.18. The van der Waals surface area contributed by atoms with E-state index in [4.69, 9.17) is 0 Å². The zero-order valence-corrected chi connectivity index (χ0v) is 13.5. The van der Waals surface area contributed by atoms with Crippen LogP contribution in [0.4, 0.5) is 0 Å². The number of amides is 1. The molecule has 1 atom stereocenters. The Labute approximate surface area is 128 Å². The lowest BCUT2D eigenvalue weighted by Gasteiger charge is -2.20. The van der Waals surface area contributed by atoms with E-state index in [9.17, 15) is 4.79 Å². The molecule has 0 radical (unpaired) electrons. The standard InChI is InChI=1S/C17H20BrNO/c1-12(2)16(11-18)19-17(20)10-13-7-8-14-5-3-4-6-15(14)9-13/h3-9,12,16H,10-11H2,1-2H3,(H,19,20). The Morgan fingerprint density at radius 1 is 1.15 bits per heavy atom. The summed E-state index contributed by atoms with van der Waals surface area (Å²) in [6.07, 6.45) is 0.432. The number of hydrogen-bond donors (Lipinski definition) is 1. The lowest BCUT2D eigenvalue weighted by molar-refractivity contribution is -0.121. The normalized spacial score (nSPS) is 12.6. The van der Waals surface area contributed by atoms with Crippen LogP contribution in [0.1, 0.15) is 19.4 Å². The fraction of sp³-hybridized carbons (Fsp3) is 0.353. The van der Waals surface area contributed by atoms with Gasteiger partial charge in [-0.15, -0.1) is 0 Å². The summed E-state index contributed by atoms with van der Waals surface area (Å²) in [5.74, 6) is 0.508. The van der Waals surface area contributed by atoms with E-state index in [0.717, 1.165) is 10.9 Å². The minimum absolute atomic E-state index is 0.0819. The molecule has 1 N–H and O–H groups in total. The van der Waals surface area contributed by atoms with Crippen molar-refractivity contribution in [3.63, 3.8) is 0 Å². The Balaban J connectivity index is 2.06. The summed E-state index contributed by atoms with van der Waals surface area (Å²) in [6.45, 7) is 4.23. The molecule has 0 saturated heterocycles. The molecule has 20 heavy (non-hydrogen) atoms. The van der Waals surface area contributed by atoms with Crippen molar-refractivity contribution in [3.05, 3.63) is 48.0 Å². The van der Waals surface area contributed by atoms with Crippen molar-refractivity contribution in [3.8, 4) is 0 Å². The van der Waals surface area contributed by atoms with Gasteiger partial charge in [-0.3, -0.25) is 4.79 Å². The second kappa shape index (κ2) is 6.89. The van der Waals surface area contributed by atoms with E-state index in [1.807, 2.05) is 18.2 Å². The third-order valence-corrected chi connectivity index (χ3v) is 4.19. The quantitative estimate of drug-likeness (QED) is 0.825. The molecule has 3 heteroatoms. The van der Waals surface area contributed by atoms with Crippen LogP contribution >= 0.6 is 15.9 Å². The summed E-state index contributed by atoms with van der Waals surface area (Å²) < 4.78 is 0. The molecule has 0 aliphatic carbocycles. The summed E-state index contributed by atoms with van der Waals surface area (Å²) >= 11 is 3.45. The van der Waals surface area contributed by atoms with Crippen LogP contribution in [0.25, 0.3) is 10.8 Å². The summed E-state index contributed by atoms with van der Waals surface area (Å²) in [5.41, 5.74) is 1.05. The zero-order valence-electron chi connectivity index (χ0n) is 11.9. The third kappa shape index (κ3) is 3.83. The number of halogens is 1. The van der Waals surface area contributed by atoms with Crippen LogP contribution in [-0.4, -0.2) is 17.3 Å². The van der Waals surface area contributed by atoms with Crippen molar-refractivity contribution in [1.29, 1.82) is 0 Å². The topological polar surface area (TPSA) is 29.1 Å². The van der Waals surface area contributed by atoms with Crippen molar-refractivity contribution in [2.24, 2.45) is 5.92 Å². The van der Waals surface area contributed by atoms with Gasteiger partial charge in [0.25, 0.3) is 0 Å². The first kappa shape index (κ1) is 15.0. The van der Waals surface area contributed by atoms with Gasteiger partial charge in [-0.05, 0) is 22.3 Å². The largest absolute Gasteiger partial charge is 0.352 e. The number of carbonyl (C=O) groups is 1. The minimum atomic E-state index is 0.0819. The molecule has 0 bridgehead atoms. The second-order valence-corrected chi connectivity index (χ2v) is 6.08. The van der Waals surface area contributed by atoms with Crippen molar-refractivity contribution in [2.45, 2.75) is 26.3 Å². The van der Waals surface area contributed by atoms with Crippen LogP contribution in [0.3, 0.4) is 0 Å². The van der Waals surface area contributed by atoms with Gasteiger partial charge in [-0.1, -0.05) is 72.2 Å². The first-order valence-corrected chi connectivity index (χ1v) is 8.05. The highest BCUT2D eigenvalue weighted by Crippen LogP contribution is 2.16. The van der Waals surface area contributed by atoms with Gasteiger partial charge in [0.2, 0.25) is 5.91 Å². The fourth-order valence-electron chi connectivity index (χ4n) is 2.18. The monoisotopic (exact) mass is 333 g/mol. The molecule has 2 aromatic rings. The van der Waals surface area contributed by atoms with Crippen LogP contribution in [-0.2, 0) is 11.2 Å². The molecular formula is C17H20BrNO. The Morgan fingerprint density at radius 2 is 1.85 bits per heavy atom.